The van der Waals surface area contributed by atoms with Gasteiger partial charge >= 0.3 is 0 Å². The molecule has 4 nitrogen and oxygen atoms in total. The molecule has 0 bridgehead atoms. The molecule has 0 spiro atoms. The van der Waals surface area contributed by atoms with Gasteiger partial charge in [0.05, 0.1) is 3.42 Å². The molecule has 1 atom stereocenters. The number of halogens is 1. The lowest BCUT2D eigenvalue weighted by Gasteiger charge is -2.26. The van der Waals surface area contributed by atoms with Crippen molar-refractivity contribution in [3.05, 3.63) is 42.0 Å². The van der Waals surface area contributed by atoms with Gasteiger partial charge in [0.1, 0.15) is 12.4 Å². The van der Waals surface area contributed by atoms with Crippen LogP contribution >= 0.6 is 22.6 Å². The third kappa shape index (κ3) is 5.57. The largest absolute Gasteiger partial charge is 0.492 e. The lowest BCUT2D eigenvalue weighted by molar-refractivity contribution is 0.288. The van der Waals surface area contributed by atoms with Crippen LogP contribution in [0.1, 0.15) is 24.8 Å². The fourth-order valence-electron chi connectivity index (χ4n) is 2.28. The van der Waals surface area contributed by atoms with Crippen molar-refractivity contribution in [3.63, 3.8) is 0 Å². The highest BCUT2D eigenvalue weighted by atomic mass is 127. The zero-order chi connectivity index (χ0) is 15.1. The molecule has 0 saturated carbocycles. The Hall–Kier alpha value is -1.24. The number of allylic oxidation sites excluding steroid dienone is 1. The number of alkyl halides is 1. The molecule has 114 valence electrons. The molecule has 1 aromatic carbocycles. The average molecular weight is 399 g/mol. The van der Waals surface area contributed by atoms with E-state index in [9.17, 15) is 0 Å². The van der Waals surface area contributed by atoms with E-state index in [1.54, 1.807) is 0 Å². The quantitative estimate of drug-likeness (QED) is 0.254. The second kappa shape index (κ2) is 7.68. The second-order valence-corrected chi connectivity index (χ2v) is 7.47. The first-order chi connectivity index (χ1) is 10.1. The van der Waals surface area contributed by atoms with Gasteiger partial charge in [0.25, 0.3) is 0 Å². The lowest BCUT2D eigenvalue weighted by Crippen LogP contribution is -2.28. The topological polar surface area (TPSA) is 73.6 Å². The average Bonchev–Trinajstić information content (AvgIpc) is 2.47. The van der Waals surface area contributed by atoms with Crippen molar-refractivity contribution < 1.29 is 4.74 Å². The molecule has 0 fully saturated rings. The first-order valence-electron chi connectivity index (χ1n) is 7.21. The monoisotopic (exact) mass is 399 g/mol. The van der Waals surface area contributed by atoms with Gasteiger partial charge in [-0.1, -0.05) is 46.9 Å². The van der Waals surface area contributed by atoms with Crippen LogP contribution in [0.2, 0.25) is 0 Å². The number of nitrogens with zero attached hydrogens (tertiary/aromatic N) is 1. The summed E-state index contributed by atoms with van der Waals surface area (Å²) in [6.45, 7) is 1.33. The molecule has 5 heteroatoms. The number of nitrogens with two attached hydrogens (primary N) is 2. The molecule has 1 unspecified atom stereocenters. The zero-order valence-corrected chi connectivity index (χ0v) is 14.3. The maximum atomic E-state index is 5.92. The minimum atomic E-state index is 0.141. The fraction of sp³-hybridized carbons (Fsp3) is 0.438. The van der Waals surface area contributed by atoms with Crippen LogP contribution in [0.4, 0.5) is 0 Å². The Kier molecular flexibility index (Phi) is 5.90. The van der Waals surface area contributed by atoms with Crippen LogP contribution in [-0.2, 0) is 6.42 Å². The normalized spacial score (nSPS) is 21.0. The summed E-state index contributed by atoms with van der Waals surface area (Å²) in [5.74, 6) is 1.05. The van der Waals surface area contributed by atoms with Crippen LogP contribution in [0.5, 0.6) is 5.75 Å². The van der Waals surface area contributed by atoms with E-state index in [0.29, 0.717) is 6.54 Å². The Morgan fingerprint density at radius 2 is 2.05 bits per heavy atom. The molecule has 1 aromatic rings. The molecular weight excluding hydrogens is 377 g/mol. The van der Waals surface area contributed by atoms with Crippen LogP contribution in [0, 0.1) is 0 Å². The molecule has 21 heavy (non-hydrogen) atoms. The highest BCUT2D eigenvalue weighted by Crippen LogP contribution is 2.32. The number of hydrogen-bond acceptors (Lipinski definition) is 2. The zero-order valence-electron chi connectivity index (χ0n) is 12.1. The Balaban J connectivity index is 1.83. The summed E-state index contributed by atoms with van der Waals surface area (Å²) >= 11 is 2.50. The van der Waals surface area contributed by atoms with E-state index in [1.807, 2.05) is 12.1 Å². The van der Waals surface area contributed by atoms with Gasteiger partial charge in [0.15, 0.2) is 5.96 Å². The van der Waals surface area contributed by atoms with Crippen LogP contribution in [0.3, 0.4) is 0 Å². The Morgan fingerprint density at radius 3 is 2.67 bits per heavy atom. The van der Waals surface area contributed by atoms with Crippen LogP contribution in [0.25, 0.3) is 0 Å². The van der Waals surface area contributed by atoms with Crippen molar-refractivity contribution in [2.75, 3.05) is 13.2 Å². The SMILES string of the molecule is NC(N)=NCCc1ccc(OCC2(I)C=CCCC2)cc1. The summed E-state index contributed by atoms with van der Waals surface area (Å²) in [5, 5.41) is 0. The number of benzene rings is 1. The number of hydrogen-bond donors (Lipinski definition) is 2. The molecule has 1 aliphatic rings. The maximum absolute atomic E-state index is 5.92. The van der Waals surface area contributed by atoms with Gasteiger partial charge in [-0.15, -0.1) is 0 Å². The van der Waals surface area contributed by atoms with Crippen molar-refractivity contribution in [2.45, 2.75) is 29.1 Å². The van der Waals surface area contributed by atoms with Crippen LogP contribution in [-0.4, -0.2) is 22.5 Å². The molecule has 0 aliphatic heterocycles. The maximum Gasteiger partial charge on any atom is 0.185 e. The Labute approximate surface area is 139 Å². The van der Waals surface area contributed by atoms with E-state index in [4.69, 9.17) is 16.2 Å². The first-order valence-corrected chi connectivity index (χ1v) is 8.29. The molecule has 0 heterocycles. The van der Waals surface area contributed by atoms with Crippen molar-refractivity contribution in [1.29, 1.82) is 0 Å². The van der Waals surface area contributed by atoms with Gasteiger partial charge in [0, 0.05) is 6.54 Å². The summed E-state index contributed by atoms with van der Waals surface area (Å²) < 4.78 is 6.06. The van der Waals surface area contributed by atoms with E-state index < -0.39 is 0 Å². The molecule has 4 N–H and O–H groups in total. The fourth-order valence-corrected chi connectivity index (χ4v) is 3.07. The summed E-state index contributed by atoms with van der Waals surface area (Å²) in [7, 11) is 0. The molecule has 0 amide bonds. The van der Waals surface area contributed by atoms with Gasteiger partial charge in [-0.2, -0.15) is 0 Å². The molecule has 2 rings (SSSR count). The minimum Gasteiger partial charge on any atom is -0.492 e. The number of aliphatic imine (C=N–C) groups is 1. The summed E-state index contributed by atoms with van der Waals surface area (Å²) in [6, 6.07) is 8.15. The van der Waals surface area contributed by atoms with Crippen LogP contribution < -0.4 is 16.2 Å². The molecular formula is C16H22IN3O. The van der Waals surface area contributed by atoms with Crippen molar-refractivity contribution in [1.82, 2.24) is 0 Å². The van der Waals surface area contributed by atoms with E-state index in [-0.39, 0.29) is 9.38 Å². The van der Waals surface area contributed by atoms with E-state index in [2.05, 4.69) is 51.9 Å². The van der Waals surface area contributed by atoms with Gasteiger partial charge in [-0.3, -0.25) is 4.99 Å². The molecule has 1 aliphatic carbocycles. The standard InChI is InChI=1S/C16H22IN3O/c17-16(9-2-1-3-10-16)12-21-14-6-4-13(5-7-14)8-11-20-15(18)19/h2,4-7,9H,1,3,8,10-12H2,(H4,18,19,20). The Bertz CT molecular complexity index is 509. The van der Waals surface area contributed by atoms with Crippen molar-refractivity contribution in [2.24, 2.45) is 16.5 Å². The molecule has 0 aromatic heterocycles. The number of guanidine groups is 1. The van der Waals surface area contributed by atoms with E-state index in [1.165, 1.54) is 24.8 Å². The van der Waals surface area contributed by atoms with E-state index in [0.717, 1.165) is 18.8 Å². The van der Waals surface area contributed by atoms with Crippen LogP contribution in [0.15, 0.2) is 41.4 Å². The smallest absolute Gasteiger partial charge is 0.185 e. The number of ether oxygens (including phenoxy) is 1. The predicted molar refractivity (Wildman–Crippen MR) is 96.1 cm³/mol. The highest BCUT2D eigenvalue weighted by molar-refractivity contribution is 14.1. The van der Waals surface area contributed by atoms with Gasteiger partial charge in [0.2, 0.25) is 0 Å². The second-order valence-electron chi connectivity index (χ2n) is 5.32. The Morgan fingerprint density at radius 1 is 1.29 bits per heavy atom. The summed E-state index contributed by atoms with van der Waals surface area (Å²) in [4.78, 5) is 3.98. The van der Waals surface area contributed by atoms with E-state index >= 15 is 0 Å². The third-order valence-corrected chi connectivity index (χ3v) is 4.69. The third-order valence-electron chi connectivity index (χ3n) is 3.48. The van der Waals surface area contributed by atoms with Gasteiger partial charge in [-0.25, -0.2) is 0 Å². The van der Waals surface area contributed by atoms with Gasteiger partial charge < -0.3 is 16.2 Å². The van der Waals surface area contributed by atoms with Crippen molar-refractivity contribution in [3.8, 4) is 5.75 Å². The minimum absolute atomic E-state index is 0.141. The molecule has 0 saturated heterocycles. The van der Waals surface area contributed by atoms with Gasteiger partial charge in [-0.05, 0) is 43.4 Å². The first kappa shape index (κ1) is 16.1. The van der Waals surface area contributed by atoms with Crippen molar-refractivity contribution >= 4 is 28.6 Å². The highest BCUT2D eigenvalue weighted by Gasteiger charge is 2.25. The summed E-state index contributed by atoms with van der Waals surface area (Å²) in [5.41, 5.74) is 11.8. The summed E-state index contributed by atoms with van der Waals surface area (Å²) in [6.07, 6.45) is 8.98. The predicted octanol–water partition coefficient (Wildman–Crippen LogP) is 2.80. The lowest BCUT2D eigenvalue weighted by atomic mass is 9.97. The molecule has 0 radical (unpaired) electrons. The number of rotatable bonds is 6.